The van der Waals surface area contributed by atoms with Gasteiger partial charge in [0.1, 0.15) is 5.82 Å². The van der Waals surface area contributed by atoms with Crippen molar-refractivity contribution in [1.29, 1.82) is 0 Å². The number of anilines is 1. The van der Waals surface area contributed by atoms with Gasteiger partial charge >= 0.3 is 0 Å². The van der Waals surface area contributed by atoms with E-state index in [1.807, 2.05) is 13.1 Å². The number of nitrogens with one attached hydrogen (secondary N) is 1. The molecule has 0 saturated heterocycles. The number of ether oxygens (including phenoxy) is 1. The third-order valence-corrected chi connectivity index (χ3v) is 3.81. The minimum absolute atomic E-state index is 0.147. The maximum atomic E-state index is 14.1. The third kappa shape index (κ3) is 5.29. The highest BCUT2D eigenvalue weighted by Crippen LogP contribution is 2.28. The Bertz CT molecular complexity index is 446. The molecule has 0 heterocycles. The van der Waals surface area contributed by atoms with Gasteiger partial charge in [0, 0.05) is 44.0 Å². The van der Waals surface area contributed by atoms with Gasteiger partial charge in [0.15, 0.2) is 0 Å². The van der Waals surface area contributed by atoms with Crippen molar-refractivity contribution in [3.8, 4) is 0 Å². The van der Waals surface area contributed by atoms with Crippen LogP contribution in [0.25, 0.3) is 0 Å². The highest BCUT2D eigenvalue weighted by atomic mass is 19.1. The molecule has 0 amide bonds. The van der Waals surface area contributed by atoms with Gasteiger partial charge in [-0.1, -0.05) is 19.9 Å². The normalized spacial score (nSPS) is 14.7. The number of rotatable bonds is 9. The highest BCUT2D eigenvalue weighted by molar-refractivity contribution is 5.53. The fourth-order valence-corrected chi connectivity index (χ4v) is 2.24. The predicted molar refractivity (Wildman–Crippen MR) is 85.2 cm³/mol. The van der Waals surface area contributed by atoms with Gasteiger partial charge < -0.3 is 15.0 Å². The molecule has 1 aromatic rings. The lowest BCUT2D eigenvalue weighted by molar-refractivity contribution is 0.131. The maximum Gasteiger partial charge on any atom is 0.129 e. The molecule has 0 atom stereocenters. The first-order valence-electron chi connectivity index (χ1n) is 7.87. The minimum atomic E-state index is -0.147. The van der Waals surface area contributed by atoms with Crippen molar-refractivity contribution in [2.45, 2.75) is 39.3 Å². The SMILES string of the molecule is CC(C)NCc1c(F)cccc1N(C)CCOCC1CC1. The monoisotopic (exact) mass is 294 g/mol. The van der Waals surface area contributed by atoms with Crippen molar-refractivity contribution in [3.63, 3.8) is 0 Å². The Hall–Kier alpha value is -1.13. The molecule has 1 aliphatic carbocycles. The molecule has 2 rings (SSSR count). The van der Waals surface area contributed by atoms with E-state index in [0.29, 0.717) is 19.2 Å². The van der Waals surface area contributed by atoms with Gasteiger partial charge in [-0.2, -0.15) is 0 Å². The Morgan fingerprint density at radius 2 is 2.14 bits per heavy atom. The number of benzene rings is 1. The highest BCUT2D eigenvalue weighted by Gasteiger charge is 2.21. The Kier molecular flexibility index (Phi) is 6.00. The summed E-state index contributed by atoms with van der Waals surface area (Å²) in [5, 5.41) is 3.29. The summed E-state index contributed by atoms with van der Waals surface area (Å²) in [5.74, 6) is 0.640. The summed E-state index contributed by atoms with van der Waals surface area (Å²) in [6, 6.07) is 5.61. The average molecular weight is 294 g/mol. The summed E-state index contributed by atoms with van der Waals surface area (Å²) >= 11 is 0. The molecule has 1 aliphatic rings. The van der Waals surface area contributed by atoms with Crippen molar-refractivity contribution in [2.24, 2.45) is 5.92 Å². The van der Waals surface area contributed by atoms with Gasteiger partial charge in [0.2, 0.25) is 0 Å². The molecule has 0 aliphatic heterocycles. The molecule has 0 bridgehead atoms. The summed E-state index contributed by atoms with van der Waals surface area (Å²) < 4.78 is 19.7. The minimum Gasteiger partial charge on any atom is -0.379 e. The molecule has 1 saturated carbocycles. The van der Waals surface area contributed by atoms with E-state index in [4.69, 9.17) is 4.74 Å². The maximum absolute atomic E-state index is 14.1. The number of halogens is 1. The van der Waals surface area contributed by atoms with Gasteiger partial charge in [0.25, 0.3) is 0 Å². The van der Waals surface area contributed by atoms with E-state index in [2.05, 4.69) is 24.1 Å². The predicted octanol–water partition coefficient (Wildman–Crippen LogP) is 3.19. The molecular formula is C17H27FN2O. The third-order valence-electron chi connectivity index (χ3n) is 3.81. The first-order valence-corrected chi connectivity index (χ1v) is 7.87. The second-order valence-electron chi connectivity index (χ2n) is 6.21. The van der Waals surface area contributed by atoms with E-state index in [9.17, 15) is 4.39 Å². The van der Waals surface area contributed by atoms with Crippen LogP contribution in [0.4, 0.5) is 10.1 Å². The van der Waals surface area contributed by atoms with E-state index >= 15 is 0 Å². The standard InChI is InChI=1S/C17H27FN2O/c1-13(2)19-11-15-16(18)5-4-6-17(15)20(3)9-10-21-12-14-7-8-14/h4-6,13-14,19H,7-12H2,1-3H3. The quantitative estimate of drug-likeness (QED) is 0.708. The second-order valence-corrected chi connectivity index (χ2v) is 6.21. The van der Waals surface area contributed by atoms with Crippen LogP contribution in [0, 0.1) is 11.7 Å². The zero-order chi connectivity index (χ0) is 15.2. The fourth-order valence-electron chi connectivity index (χ4n) is 2.24. The first kappa shape index (κ1) is 16.2. The Balaban J connectivity index is 1.90. The van der Waals surface area contributed by atoms with E-state index in [0.717, 1.165) is 30.3 Å². The molecule has 118 valence electrons. The Labute approximate surface area is 127 Å². The van der Waals surface area contributed by atoms with Crippen LogP contribution in [-0.4, -0.2) is 32.8 Å². The molecule has 3 nitrogen and oxygen atoms in total. The summed E-state index contributed by atoms with van der Waals surface area (Å²) in [5.41, 5.74) is 1.68. The van der Waals surface area contributed by atoms with Crippen molar-refractivity contribution < 1.29 is 9.13 Å². The van der Waals surface area contributed by atoms with E-state index in [1.165, 1.54) is 18.9 Å². The number of hydrogen-bond donors (Lipinski definition) is 1. The summed E-state index contributed by atoms with van der Waals surface area (Å²) in [6.07, 6.45) is 2.62. The molecule has 4 heteroatoms. The van der Waals surface area contributed by atoms with Crippen molar-refractivity contribution in [3.05, 3.63) is 29.6 Å². The van der Waals surface area contributed by atoms with Crippen molar-refractivity contribution in [2.75, 3.05) is 31.7 Å². The molecule has 0 aromatic heterocycles. The summed E-state index contributed by atoms with van der Waals surface area (Å²) in [4.78, 5) is 2.08. The van der Waals surface area contributed by atoms with E-state index < -0.39 is 0 Å². The van der Waals surface area contributed by atoms with Gasteiger partial charge in [-0.25, -0.2) is 4.39 Å². The van der Waals surface area contributed by atoms with Crippen LogP contribution in [0.3, 0.4) is 0 Å². The molecular weight excluding hydrogens is 267 g/mol. The second kappa shape index (κ2) is 7.76. The van der Waals surface area contributed by atoms with Crippen LogP contribution >= 0.6 is 0 Å². The van der Waals surface area contributed by atoms with Crippen LogP contribution in [0.15, 0.2) is 18.2 Å². The first-order chi connectivity index (χ1) is 10.1. The zero-order valence-electron chi connectivity index (χ0n) is 13.4. The Morgan fingerprint density at radius 3 is 2.81 bits per heavy atom. The number of nitrogens with zero attached hydrogens (tertiary/aromatic N) is 1. The largest absolute Gasteiger partial charge is 0.379 e. The molecule has 1 N–H and O–H groups in total. The molecule has 21 heavy (non-hydrogen) atoms. The average Bonchev–Trinajstić information content (AvgIpc) is 3.25. The van der Waals surface area contributed by atoms with Crippen LogP contribution in [0.2, 0.25) is 0 Å². The van der Waals surface area contributed by atoms with Crippen molar-refractivity contribution in [1.82, 2.24) is 5.32 Å². The van der Waals surface area contributed by atoms with Gasteiger partial charge in [-0.15, -0.1) is 0 Å². The zero-order valence-corrected chi connectivity index (χ0v) is 13.4. The van der Waals surface area contributed by atoms with Crippen LogP contribution in [-0.2, 0) is 11.3 Å². The molecule has 0 spiro atoms. The van der Waals surface area contributed by atoms with E-state index in [1.54, 1.807) is 6.07 Å². The lowest BCUT2D eigenvalue weighted by Gasteiger charge is -2.23. The smallest absolute Gasteiger partial charge is 0.129 e. The van der Waals surface area contributed by atoms with Gasteiger partial charge in [-0.05, 0) is 30.9 Å². The lowest BCUT2D eigenvalue weighted by Crippen LogP contribution is -2.27. The van der Waals surface area contributed by atoms with Crippen LogP contribution < -0.4 is 10.2 Å². The van der Waals surface area contributed by atoms with Gasteiger partial charge in [0.05, 0.1) is 6.61 Å². The van der Waals surface area contributed by atoms with E-state index in [-0.39, 0.29) is 5.82 Å². The molecule has 1 aromatic carbocycles. The molecule has 1 fully saturated rings. The molecule has 0 radical (unpaired) electrons. The van der Waals surface area contributed by atoms with Crippen LogP contribution in [0.5, 0.6) is 0 Å². The van der Waals surface area contributed by atoms with Crippen molar-refractivity contribution >= 4 is 5.69 Å². The summed E-state index contributed by atoms with van der Waals surface area (Å²) in [6.45, 7) is 7.03. The number of likely N-dealkylation sites (N-methyl/N-ethyl adjacent to an activating group) is 1. The molecule has 0 unspecified atom stereocenters. The Morgan fingerprint density at radius 1 is 1.38 bits per heavy atom. The lowest BCUT2D eigenvalue weighted by atomic mass is 10.1. The van der Waals surface area contributed by atoms with Crippen LogP contribution in [0.1, 0.15) is 32.3 Å². The fraction of sp³-hybridized carbons (Fsp3) is 0.647. The topological polar surface area (TPSA) is 24.5 Å². The number of hydrogen-bond acceptors (Lipinski definition) is 3. The van der Waals surface area contributed by atoms with Gasteiger partial charge in [-0.3, -0.25) is 0 Å². The summed E-state index contributed by atoms with van der Waals surface area (Å²) in [7, 11) is 1.99.